The summed E-state index contributed by atoms with van der Waals surface area (Å²) < 4.78 is 0. The smallest absolute Gasteiger partial charge is 0.269 e. The number of nitrogens with zero attached hydrogens (tertiary/aromatic N) is 2. The largest absolute Gasteiger partial charge is 0.357 e. The van der Waals surface area contributed by atoms with E-state index in [9.17, 15) is 10.1 Å². The summed E-state index contributed by atoms with van der Waals surface area (Å²) in [4.78, 5) is 15.0. The van der Waals surface area contributed by atoms with E-state index >= 15 is 0 Å². The molecule has 0 spiro atoms. The highest BCUT2D eigenvalue weighted by molar-refractivity contribution is 8.14. The average Bonchev–Trinajstić information content (AvgIpc) is 2.98. The fourth-order valence-electron chi connectivity index (χ4n) is 2.31. The Hall–Kier alpha value is -2.34. The number of thioether (sulfide) groups is 1. The van der Waals surface area contributed by atoms with Gasteiger partial charge in [0.25, 0.3) is 5.69 Å². The zero-order valence-corrected chi connectivity index (χ0v) is 12.8. The second-order valence-corrected chi connectivity index (χ2v) is 6.07. The molecule has 3 rings (SSSR count). The van der Waals surface area contributed by atoms with E-state index in [0.29, 0.717) is 0 Å². The summed E-state index contributed by atoms with van der Waals surface area (Å²) in [5.74, 6) is 0.925. The molecule has 2 aromatic rings. The van der Waals surface area contributed by atoms with Gasteiger partial charge in [0.1, 0.15) is 0 Å². The summed E-state index contributed by atoms with van der Waals surface area (Å²) in [7, 11) is 0. The van der Waals surface area contributed by atoms with Gasteiger partial charge < -0.3 is 5.32 Å². The maximum atomic E-state index is 10.8. The van der Waals surface area contributed by atoms with Gasteiger partial charge in [0.2, 0.25) is 0 Å². The van der Waals surface area contributed by atoms with Crippen molar-refractivity contribution in [3.05, 3.63) is 69.8 Å². The fraction of sp³-hybridized carbons (Fsp3) is 0.188. The molecule has 0 unspecified atom stereocenters. The molecule has 22 heavy (non-hydrogen) atoms. The first-order valence-corrected chi connectivity index (χ1v) is 7.90. The van der Waals surface area contributed by atoms with Crippen LogP contribution in [0.1, 0.15) is 17.2 Å². The molecule has 1 atom stereocenters. The molecule has 0 saturated carbocycles. The molecule has 6 heteroatoms. The molecule has 1 saturated heterocycles. The molecular formula is C16H15N3O2S. The third-order valence-corrected chi connectivity index (χ3v) is 4.48. The minimum atomic E-state index is -0.391. The highest BCUT2D eigenvalue weighted by atomic mass is 32.2. The van der Waals surface area contributed by atoms with E-state index in [1.54, 1.807) is 23.9 Å². The Balaban J connectivity index is 1.78. The van der Waals surface area contributed by atoms with Gasteiger partial charge in [0, 0.05) is 17.9 Å². The van der Waals surface area contributed by atoms with Crippen LogP contribution in [0, 0.1) is 17.0 Å². The maximum absolute atomic E-state index is 10.8. The monoisotopic (exact) mass is 313 g/mol. The SMILES string of the molecule is Cc1cc([N+](=O)[O-])ccc1/N=C1/N[C@@H](c2ccccc2)CS1. The second kappa shape index (κ2) is 6.19. The molecule has 0 aliphatic carbocycles. The van der Waals surface area contributed by atoms with E-state index in [0.717, 1.165) is 22.2 Å². The zero-order chi connectivity index (χ0) is 15.5. The molecule has 1 aliphatic heterocycles. The van der Waals surface area contributed by atoms with Crippen LogP contribution in [0.25, 0.3) is 0 Å². The Morgan fingerprint density at radius 3 is 2.73 bits per heavy atom. The van der Waals surface area contributed by atoms with Crippen LogP contribution in [0.2, 0.25) is 0 Å². The van der Waals surface area contributed by atoms with Crippen LogP contribution < -0.4 is 5.32 Å². The van der Waals surface area contributed by atoms with Gasteiger partial charge in [-0.3, -0.25) is 10.1 Å². The van der Waals surface area contributed by atoms with Crippen molar-refractivity contribution in [1.82, 2.24) is 5.32 Å². The fourth-order valence-corrected chi connectivity index (χ4v) is 3.30. The van der Waals surface area contributed by atoms with Gasteiger partial charge in [-0.2, -0.15) is 0 Å². The summed E-state index contributed by atoms with van der Waals surface area (Å²) in [5.41, 5.74) is 2.89. The standard InChI is InChI=1S/C16H15N3O2S/c1-11-9-13(19(20)21)7-8-14(11)17-16-18-15(10-22-16)12-5-3-2-4-6-12/h2-9,15H,10H2,1H3,(H,17,18)/t15-/m1/s1. The maximum Gasteiger partial charge on any atom is 0.269 e. The molecule has 1 aliphatic rings. The average molecular weight is 313 g/mol. The molecule has 1 N–H and O–H groups in total. The van der Waals surface area contributed by atoms with E-state index in [4.69, 9.17) is 0 Å². The Labute approximate surface area is 132 Å². The topological polar surface area (TPSA) is 67.5 Å². The number of hydrogen-bond donors (Lipinski definition) is 1. The predicted molar refractivity (Wildman–Crippen MR) is 89.7 cm³/mol. The number of nitro groups is 1. The van der Waals surface area contributed by atoms with Crippen LogP contribution in [0.4, 0.5) is 11.4 Å². The zero-order valence-electron chi connectivity index (χ0n) is 12.0. The van der Waals surface area contributed by atoms with Crippen molar-refractivity contribution in [2.45, 2.75) is 13.0 Å². The molecule has 0 radical (unpaired) electrons. The summed E-state index contributed by atoms with van der Waals surface area (Å²) in [5, 5.41) is 15.0. The minimum absolute atomic E-state index is 0.0932. The number of aryl methyl sites for hydroxylation is 1. The van der Waals surface area contributed by atoms with Crippen LogP contribution in [0.3, 0.4) is 0 Å². The molecule has 112 valence electrons. The number of non-ortho nitro benzene ring substituents is 1. The summed E-state index contributed by atoms with van der Waals surface area (Å²) in [6, 6.07) is 15.2. The first-order valence-electron chi connectivity index (χ1n) is 6.91. The second-order valence-electron chi connectivity index (χ2n) is 5.06. The first kappa shape index (κ1) is 14.6. The van der Waals surface area contributed by atoms with Crippen molar-refractivity contribution in [2.24, 2.45) is 4.99 Å². The Bertz CT molecular complexity index is 731. The van der Waals surface area contributed by atoms with E-state index in [1.807, 2.05) is 25.1 Å². The van der Waals surface area contributed by atoms with Gasteiger partial charge in [0.05, 0.1) is 16.7 Å². The lowest BCUT2D eigenvalue weighted by molar-refractivity contribution is -0.384. The van der Waals surface area contributed by atoms with Crippen LogP contribution >= 0.6 is 11.8 Å². The Kier molecular flexibility index (Phi) is 4.11. The third-order valence-electron chi connectivity index (χ3n) is 3.50. The predicted octanol–water partition coefficient (Wildman–Crippen LogP) is 3.97. The van der Waals surface area contributed by atoms with Crippen LogP contribution in [-0.2, 0) is 0 Å². The van der Waals surface area contributed by atoms with Crippen molar-refractivity contribution in [1.29, 1.82) is 0 Å². The molecular weight excluding hydrogens is 298 g/mol. The van der Waals surface area contributed by atoms with Gasteiger partial charge >= 0.3 is 0 Å². The van der Waals surface area contributed by atoms with Gasteiger partial charge in [-0.05, 0) is 24.1 Å². The number of nitrogens with one attached hydrogen (secondary N) is 1. The third kappa shape index (κ3) is 3.12. The highest BCUT2D eigenvalue weighted by Gasteiger charge is 2.21. The molecule has 0 amide bonds. The molecule has 2 aromatic carbocycles. The number of benzene rings is 2. The van der Waals surface area contributed by atoms with E-state index in [1.165, 1.54) is 11.6 Å². The Morgan fingerprint density at radius 1 is 1.27 bits per heavy atom. The van der Waals surface area contributed by atoms with Crippen molar-refractivity contribution in [3.63, 3.8) is 0 Å². The lowest BCUT2D eigenvalue weighted by Gasteiger charge is -2.09. The number of hydrogen-bond acceptors (Lipinski definition) is 4. The molecule has 1 fully saturated rings. The van der Waals surface area contributed by atoms with Gasteiger partial charge in [0.15, 0.2) is 5.17 Å². The van der Waals surface area contributed by atoms with Crippen molar-refractivity contribution in [3.8, 4) is 0 Å². The molecule has 0 bridgehead atoms. The summed E-state index contributed by atoms with van der Waals surface area (Å²) in [6.07, 6.45) is 0. The van der Waals surface area contributed by atoms with Gasteiger partial charge in [-0.15, -0.1) is 0 Å². The molecule has 1 heterocycles. The van der Waals surface area contributed by atoms with E-state index in [-0.39, 0.29) is 11.7 Å². The Morgan fingerprint density at radius 2 is 2.05 bits per heavy atom. The van der Waals surface area contributed by atoms with Crippen molar-refractivity contribution >= 4 is 28.3 Å². The summed E-state index contributed by atoms with van der Waals surface area (Å²) >= 11 is 1.66. The van der Waals surface area contributed by atoms with Crippen molar-refractivity contribution in [2.75, 3.05) is 5.75 Å². The van der Waals surface area contributed by atoms with Gasteiger partial charge in [-0.25, -0.2) is 4.99 Å². The number of aliphatic imine (C=N–C) groups is 1. The number of amidine groups is 1. The van der Waals surface area contributed by atoms with Crippen molar-refractivity contribution < 1.29 is 4.92 Å². The quantitative estimate of drug-likeness (QED) is 0.688. The van der Waals surface area contributed by atoms with Gasteiger partial charge in [-0.1, -0.05) is 42.1 Å². The van der Waals surface area contributed by atoms with Crippen LogP contribution in [0.15, 0.2) is 53.5 Å². The number of rotatable bonds is 3. The normalized spacial score (nSPS) is 19.1. The molecule has 5 nitrogen and oxygen atoms in total. The minimum Gasteiger partial charge on any atom is -0.357 e. The lowest BCUT2D eigenvalue weighted by atomic mass is 10.1. The van der Waals surface area contributed by atoms with Crippen LogP contribution in [-0.4, -0.2) is 15.8 Å². The number of nitro benzene ring substituents is 1. The first-order chi connectivity index (χ1) is 10.6. The lowest BCUT2D eigenvalue weighted by Crippen LogP contribution is -2.18. The molecule has 0 aromatic heterocycles. The van der Waals surface area contributed by atoms with E-state index < -0.39 is 4.92 Å². The summed E-state index contributed by atoms with van der Waals surface area (Å²) in [6.45, 7) is 1.83. The van der Waals surface area contributed by atoms with E-state index in [2.05, 4.69) is 22.4 Å². The van der Waals surface area contributed by atoms with Crippen LogP contribution in [0.5, 0.6) is 0 Å². The highest BCUT2D eigenvalue weighted by Crippen LogP contribution is 2.30.